The van der Waals surface area contributed by atoms with E-state index in [1.165, 1.54) is 0 Å². The number of nitrogens with zero attached hydrogens (tertiary/aromatic N) is 1. The summed E-state index contributed by atoms with van der Waals surface area (Å²) in [6.07, 6.45) is 3.05. The van der Waals surface area contributed by atoms with Crippen molar-refractivity contribution in [3.63, 3.8) is 0 Å². The first kappa shape index (κ1) is 14.8. The quantitative estimate of drug-likeness (QED) is 0.790. The fourth-order valence-electron chi connectivity index (χ4n) is 2.84. The van der Waals surface area contributed by atoms with Crippen molar-refractivity contribution < 1.29 is 18.7 Å². The van der Waals surface area contributed by atoms with Gasteiger partial charge in [-0.1, -0.05) is 6.92 Å². The maximum atomic E-state index is 12.3. The predicted molar refractivity (Wildman–Crippen MR) is 84.8 cm³/mol. The van der Waals surface area contributed by atoms with E-state index in [0.29, 0.717) is 23.7 Å². The fourth-order valence-corrected chi connectivity index (χ4v) is 2.84. The number of benzene rings is 1. The molecule has 1 aliphatic heterocycles. The van der Waals surface area contributed by atoms with E-state index in [2.05, 4.69) is 4.90 Å². The number of anilines is 1. The van der Waals surface area contributed by atoms with Crippen LogP contribution in [0.5, 0.6) is 5.75 Å². The van der Waals surface area contributed by atoms with Crippen molar-refractivity contribution in [3.8, 4) is 5.75 Å². The highest BCUT2D eigenvalue weighted by atomic mass is 16.5. The molecule has 1 aromatic heterocycles. The molecule has 1 aliphatic rings. The number of carbonyl (C=O) groups is 1. The molecular formula is C17H21NO4. The van der Waals surface area contributed by atoms with Crippen LogP contribution in [-0.4, -0.2) is 32.8 Å². The zero-order valence-corrected chi connectivity index (χ0v) is 13.1. The lowest BCUT2D eigenvalue weighted by atomic mass is 10.2. The summed E-state index contributed by atoms with van der Waals surface area (Å²) in [6.45, 7) is 4.25. The zero-order chi connectivity index (χ0) is 15.5. The van der Waals surface area contributed by atoms with E-state index in [1.54, 1.807) is 7.11 Å². The molecule has 2 heterocycles. The van der Waals surface area contributed by atoms with Gasteiger partial charge < -0.3 is 18.8 Å². The second kappa shape index (κ2) is 6.30. The second-order valence-electron chi connectivity index (χ2n) is 5.47. The molecule has 0 spiro atoms. The van der Waals surface area contributed by atoms with Gasteiger partial charge in [0.1, 0.15) is 11.3 Å². The van der Waals surface area contributed by atoms with Crippen molar-refractivity contribution in [1.29, 1.82) is 0 Å². The fraction of sp³-hybridized carbons (Fsp3) is 0.471. The van der Waals surface area contributed by atoms with E-state index in [-0.39, 0.29) is 5.97 Å². The molecule has 22 heavy (non-hydrogen) atoms. The molecule has 2 aromatic rings. The molecule has 0 aliphatic carbocycles. The third-order valence-electron chi connectivity index (χ3n) is 3.92. The van der Waals surface area contributed by atoms with E-state index in [0.717, 1.165) is 43.4 Å². The van der Waals surface area contributed by atoms with Gasteiger partial charge in [0.2, 0.25) is 5.76 Å². The molecule has 1 aromatic carbocycles. The summed E-state index contributed by atoms with van der Waals surface area (Å²) < 4.78 is 16.3. The molecule has 5 heteroatoms. The predicted octanol–water partition coefficient (Wildman–Crippen LogP) is 3.61. The first-order valence-electron chi connectivity index (χ1n) is 7.77. The number of furan rings is 1. The number of hydrogen-bond donors (Lipinski definition) is 0. The molecule has 1 saturated heterocycles. The van der Waals surface area contributed by atoms with Crippen molar-refractivity contribution in [2.24, 2.45) is 0 Å². The SMILES string of the molecule is CCCOC(=O)c1oc2cc(OC)ccc2c1N1CCCC1. The Balaban J connectivity index is 2.07. The third-order valence-corrected chi connectivity index (χ3v) is 3.92. The van der Waals surface area contributed by atoms with Gasteiger partial charge in [-0.25, -0.2) is 4.79 Å². The van der Waals surface area contributed by atoms with Crippen LogP contribution in [-0.2, 0) is 4.74 Å². The van der Waals surface area contributed by atoms with E-state index in [1.807, 2.05) is 25.1 Å². The van der Waals surface area contributed by atoms with Crippen LogP contribution in [0.4, 0.5) is 5.69 Å². The Kier molecular flexibility index (Phi) is 4.22. The molecule has 1 fully saturated rings. The lowest BCUT2D eigenvalue weighted by Crippen LogP contribution is -2.20. The first-order valence-corrected chi connectivity index (χ1v) is 7.77. The van der Waals surface area contributed by atoms with Crippen LogP contribution < -0.4 is 9.64 Å². The minimum Gasteiger partial charge on any atom is -0.497 e. The maximum Gasteiger partial charge on any atom is 0.376 e. The average molecular weight is 303 g/mol. The molecule has 0 radical (unpaired) electrons. The molecule has 0 amide bonds. The highest BCUT2D eigenvalue weighted by molar-refractivity contribution is 6.05. The summed E-state index contributed by atoms with van der Waals surface area (Å²) in [5.74, 6) is 0.625. The Labute approximate surface area is 129 Å². The highest BCUT2D eigenvalue weighted by Crippen LogP contribution is 2.37. The maximum absolute atomic E-state index is 12.3. The van der Waals surface area contributed by atoms with Gasteiger partial charge in [-0.3, -0.25) is 0 Å². The topological polar surface area (TPSA) is 51.9 Å². The standard InChI is InChI=1S/C17H21NO4/c1-3-10-21-17(19)16-15(18-8-4-5-9-18)13-7-6-12(20-2)11-14(13)22-16/h6-7,11H,3-5,8-10H2,1-2H3. The monoisotopic (exact) mass is 303 g/mol. The van der Waals surface area contributed by atoms with Gasteiger partial charge in [0, 0.05) is 24.5 Å². The summed E-state index contributed by atoms with van der Waals surface area (Å²) in [5, 5.41) is 0.936. The van der Waals surface area contributed by atoms with Crippen molar-refractivity contribution in [2.45, 2.75) is 26.2 Å². The minimum absolute atomic E-state index is 0.304. The number of rotatable bonds is 5. The molecule has 0 bridgehead atoms. The Bertz CT molecular complexity index is 671. The van der Waals surface area contributed by atoms with Gasteiger partial charge >= 0.3 is 5.97 Å². The van der Waals surface area contributed by atoms with Crippen molar-refractivity contribution in [2.75, 3.05) is 31.7 Å². The Morgan fingerprint density at radius 3 is 2.77 bits per heavy atom. The van der Waals surface area contributed by atoms with Crippen molar-refractivity contribution >= 4 is 22.6 Å². The molecular weight excluding hydrogens is 282 g/mol. The highest BCUT2D eigenvalue weighted by Gasteiger charge is 2.27. The number of esters is 1. The average Bonchev–Trinajstić information content (AvgIpc) is 3.18. The summed E-state index contributed by atoms with van der Waals surface area (Å²) in [5.41, 5.74) is 1.51. The van der Waals surface area contributed by atoms with Crippen LogP contribution in [0.15, 0.2) is 22.6 Å². The number of methoxy groups -OCH3 is 1. The van der Waals surface area contributed by atoms with E-state index in [9.17, 15) is 4.79 Å². The normalized spacial score (nSPS) is 14.5. The molecule has 0 unspecified atom stereocenters. The Hall–Kier alpha value is -2.17. The summed E-state index contributed by atoms with van der Waals surface area (Å²) in [4.78, 5) is 14.5. The number of fused-ring (bicyclic) bond motifs is 1. The third kappa shape index (κ3) is 2.63. The number of carbonyl (C=O) groups excluding carboxylic acids is 1. The number of ether oxygens (including phenoxy) is 2. The lowest BCUT2D eigenvalue weighted by molar-refractivity contribution is 0.0472. The van der Waals surface area contributed by atoms with Crippen LogP contribution in [0.2, 0.25) is 0 Å². The van der Waals surface area contributed by atoms with Gasteiger partial charge in [-0.15, -0.1) is 0 Å². The van der Waals surface area contributed by atoms with E-state index < -0.39 is 0 Å². The zero-order valence-electron chi connectivity index (χ0n) is 13.1. The largest absolute Gasteiger partial charge is 0.497 e. The van der Waals surface area contributed by atoms with Gasteiger partial charge in [-0.2, -0.15) is 0 Å². The molecule has 5 nitrogen and oxygen atoms in total. The Morgan fingerprint density at radius 1 is 1.32 bits per heavy atom. The van der Waals surface area contributed by atoms with Crippen LogP contribution >= 0.6 is 0 Å². The summed E-state index contributed by atoms with van der Waals surface area (Å²) >= 11 is 0. The molecule has 0 saturated carbocycles. The van der Waals surface area contributed by atoms with Crippen molar-refractivity contribution in [3.05, 3.63) is 24.0 Å². The smallest absolute Gasteiger partial charge is 0.376 e. The second-order valence-corrected chi connectivity index (χ2v) is 5.47. The summed E-state index contributed by atoms with van der Waals surface area (Å²) in [7, 11) is 1.61. The van der Waals surface area contributed by atoms with Crippen LogP contribution in [0.3, 0.4) is 0 Å². The van der Waals surface area contributed by atoms with Gasteiger partial charge in [-0.05, 0) is 31.4 Å². The summed E-state index contributed by atoms with van der Waals surface area (Å²) in [6, 6.07) is 5.64. The molecule has 118 valence electrons. The minimum atomic E-state index is -0.390. The van der Waals surface area contributed by atoms with Crippen molar-refractivity contribution in [1.82, 2.24) is 0 Å². The van der Waals surface area contributed by atoms with E-state index in [4.69, 9.17) is 13.9 Å². The first-order chi connectivity index (χ1) is 10.7. The van der Waals surface area contributed by atoms with Gasteiger partial charge in [0.05, 0.1) is 19.4 Å². The Morgan fingerprint density at radius 2 is 2.09 bits per heavy atom. The molecule has 0 N–H and O–H groups in total. The van der Waals surface area contributed by atoms with Gasteiger partial charge in [0.25, 0.3) is 0 Å². The van der Waals surface area contributed by atoms with Gasteiger partial charge in [0.15, 0.2) is 0 Å². The van der Waals surface area contributed by atoms with Crippen LogP contribution in [0, 0.1) is 0 Å². The lowest BCUT2D eigenvalue weighted by Gasteiger charge is -2.17. The molecule has 3 rings (SSSR count). The van der Waals surface area contributed by atoms with Crippen LogP contribution in [0.1, 0.15) is 36.7 Å². The number of hydrogen-bond acceptors (Lipinski definition) is 5. The van der Waals surface area contributed by atoms with E-state index >= 15 is 0 Å². The van der Waals surface area contributed by atoms with Crippen LogP contribution in [0.25, 0.3) is 11.0 Å². The molecule has 0 atom stereocenters.